The minimum atomic E-state index is 0.304. The van der Waals surface area contributed by atoms with Crippen LogP contribution in [-0.4, -0.2) is 21.4 Å². The third-order valence-corrected chi connectivity index (χ3v) is 4.71. The molecule has 2 heterocycles. The van der Waals surface area contributed by atoms with Gasteiger partial charge in [0.25, 0.3) is 0 Å². The number of hydrogen-bond acceptors (Lipinski definition) is 5. The van der Waals surface area contributed by atoms with Gasteiger partial charge in [0, 0.05) is 16.8 Å². The zero-order valence-corrected chi connectivity index (χ0v) is 12.1. The Morgan fingerprint density at radius 2 is 2.35 bits per heavy atom. The summed E-state index contributed by atoms with van der Waals surface area (Å²) >= 11 is 3.55. The van der Waals surface area contributed by atoms with Crippen molar-refractivity contribution in [2.75, 3.05) is 0 Å². The first-order valence-electron chi connectivity index (χ1n) is 6.09. The molecule has 3 unspecified atom stereocenters. The summed E-state index contributed by atoms with van der Waals surface area (Å²) in [5.41, 5.74) is 0. The monoisotopic (exact) mass is 269 g/mol. The van der Waals surface area contributed by atoms with Gasteiger partial charge in [0.2, 0.25) is 0 Å². The van der Waals surface area contributed by atoms with Crippen LogP contribution in [0.4, 0.5) is 0 Å². The fraction of sp³-hybridized carbons (Fsp3) is 0.667. The molecule has 17 heavy (non-hydrogen) atoms. The van der Waals surface area contributed by atoms with E-state index in [0.29, 0.717) is 17.3 Å². The second-order valence-electron chi connectivity index (χ2n) is 4.42. The van der Waals surface area contributed by atoms with Crippen molar-refractivity contribution in [3.8, 4) is 0 Å². The van der Waals surface area contributed by atoms with E-state index in [1.807, 2.05) is 23.3 Å². The lowest BCUT2D eigenvalue weighted by molar-refractivity contribution is 0.607. The van der Waals surface area contributed by atoms with Crippen molar-refractivity contribution in [3.63, 3.8) is 0 Å². The number of nitrogens with one attached hydrogen (secondary N) is 1. The molecule has 5 heteroatoms. The van der Waals surface area contributed by atoms with E-state index >= 15 is 0 Å². The van der Waals surface area contributed by atoms with Gasteiger partial charge in [0.05, 0.1) is 12.1 Å². The Kier molecular flexibility index (Phi) is 4.45. The number of thiazole rings is 1. The van der Waals surface area contributed by atoms with Gasteiger partial charge in [-0.1, -0.05) is 25.6 Å². The van der Waals surface area contributed by atoms with Gasteiger partial charge in [-0.15, -0.1) is 11.3 Å². The van der Waals surface area contributed by atoms with Crippen LogP contribution in [0.5, 0.6) is 0 Å². The lowest BCUT2D eigenvalue weighted by atomic mass is 10.2. The standard InChI is InChI=1S/C12H19N3S2/c1-4-10(11-13-5-6-16-11)15-12-14-8(2)7-9(3)17-12/h5-6,8-10H,4,7H2,1-3H3,(H,14,15). The molecule has 0 amide bonds. The Balaban J connectivity index is 2.04. The van der Waals surface area contributed by atoms with E-state index in [0.717, 1.165) is 16.6 Å². The molecule has 3 nitrogen and oxygen atoms in total. The average molecular weight is 269 g/mol. The molecule has 1 aromatic rings. The van der Waals surface area contributed by atoms with Crippen LogP contribution in [0.3, 0.4) is 0 Å². The third kappa shape index (κ3) is 3.45. The van der Waals surface area contributed by atoms with Crippen LogP contribution in [0.25, 0.3) is 0 Å². The number of thioether (sulfide) groups is 1. The lowest BCUT2D eigenvalue weighted by Gasteiger charge is -2.25. The molecule has 94 valence electrons. The first-order chi connectivity index (χ1) is 8.19. The minimum Gasteiger partial charge on any atom is -0.356 e. The molecule has 0 aromatic carbocycles. The van der Waals surface area contributed by atoms with Gasteiger partial charge in [0.1, 0.15) is 5.01 Å². The fourth-order valence-electron chi connectivity index (χ4n) is 1.97. The van der Waals surface area contributed by atoms with Crippen LogP contribution < -0.4 is 5.32 Å². The topological polar surface area (TPSA) is 37.3 Å². The molecule has 0 radical (unpaired) electrons. The Hall–Kier alpha value is -0.550. The van der Waals surface area contributed by atoms with Crippen LogP contribution in [0, 0.1) is 0 Å². The van der Waals surface area contributed by atoms with E-state index in [4.69, 9.17) is 0 Å². The van der Waals surface area contributed by atoms with Crippen molar-refractivity contribution in [1.29, 1.82) is 0 Å². The summed E-state index contributed by atoms with van der Waals surface area (Å²) in [4.78, 5) is 9.06. The van der Waals surface area contributed by atoms with Gasteiger partial charge < -0.3 is 5.32 Å². The third-order valence-electron chi connectivity index (χ3n) is 2.78. The summed E-state index contributed by atoms with van der Waals surface area (Å²) in [5, 5.41) is 8.45. The molecule has 0 spiro atoms. The highest BCUT2D eigenvalue weighted by atomic mass is 32.2. The summed E-state index contributed by atoms with van der Waals surface area (Å²) in [5.74, 6) is 0. The summed E-state index contributed by atoms with van der Waals surface area (Å²) < 4.78 is 0. The molecule has 2 rings (SSSR count). The van der Waals surface area contributed by atoms with E-state index in [-0.39, 0.29) is 0 Å². The number of amidine groups is 1. The lowest BCUT2D eigenvalue weighted by Crippen LogP contribution is -2.31. The fourth-order valence-corrected chi connectivity index (χ4v) is 3.95. The summed E-state index contributed by atoms with van der Waals surface area (Å²) in [6, 6.07) is 0.737. The van der Waals surface area contributed by atoms with Crippen molar-refractivity contribution in [2.24, 2.45) is 4.99 Å². The van der Waals surface area contributed by atoms with Crippen LogP contribution >= 0.6 is 23.1 Å². The zero-order chi connectivity index (χ0) is 12.3. The largest absolute Gasteiger partial charge is 0.356 e. The maximum Gasteiger partial charge on any atom is 0.157 e. The molecule has 1 N–H and O–H groups in total. The van der Waals surface area contributed by atoms with E-state index < -0.39 is 0 Å². The van der Waals surface area contributed by atoms with Crippen molar-refractivity contribution in [2.45, 2.75) is 50.9 Å². The molecule has 1 aliphatic rings. The molecule has 1 aromatic heterocycles. The summed E-state index contributed by atoms with van der Waals surface area (Å²) in [6.45, 7) is 6.63. The molecular weight excluding hydrogens is 250 g/mol. The average Bonchev–Trinajstić information content (AvgIpc) is 2.77. The van der Waals surface area contributed by atoms with Gasteiger partial charge in [-0.2, -0.15) is 0 Å². The highest BCUT2D eigenvalue weighted by molar-refractivity contribution is 8.14. The highest BCUT2D eigenvalue weighted by Crippen LogP contribution is 2.27. The highest BCUT2D eigenvalue weighted by Gasteiger charge is 2.21. The predicted octanol–water partition coefficient (Wildman–Crippen LogP) is 3.45. The van der Waals surface area contributed by atoms with Gasteiger partial charge >= 0.3 is 0 Å². The normalized spacial score (nSPS) is 26.4. The van der Waals surface area contributed by atoms with Crippen molar-refractivity contribution in [1.82, 2.24) is 10.3 Å². The molecule has 0 bridgehead atoms. The molecule has 0 aliphatic carbocycles. The Labute approximate surface area is 111 Å². The van der Waals surface area contributed by atoms with E-state index in [1.54, 1.807) is 11.3 Å². The number of rotatable bonds is 3. The van der Waals surface area contributed by atoms with Crippen molar-refractivity contribution < 1.29 is 0 Å². The molecular formula is C12H19N3S2. The quantitative estimate of drug-likeness (QED) is 0.913. The smallest absolute Gasteiger partial charge is 0.157 e. The Morgan fingerprint density at radius 1 is 1.53 bits per heavy atom. The van der Waals surface area contributed by atoms with Gasteiger partial charge in [-0.05, 0) is 19.8 Å². The molecule has 0 saturated heterocycles. The maximum atomic E-state index is 4.68. The predicted molar refractivity (Wildman–Crippen MR) is 76.8 cm³/mol. The first kappa shape index (κ1) is 12.9. The number of aliphatic imine (C=N–C) groups is 1. The SMILES string of the molecule is CCC(NC1=NC(C)CC(C)S1)c1nccs1. The van der Waals surface area contributed by atoms with Gasteiger partial charge in [-0.25, -0.2) is 4.98 Å². The molecule has 0 fully saturated rings. The van der Waals surface area contributed by atoms with E-state index in [2.05, 4.69) is 36.1 Å². The van der Waals surface area contributed by atoms with Crippen LogP contribution in [-0.2, 0) is 0 Å². The molecule has 0 saturated carbocycles. The number of hydrogen-bond donors (Lipinski definition) is 1. The van der Waals surface area contributed by atoms with Crippen LogP contribution in [0.1, 0.15) is 44.7 Å². The van der Waals surface area contributed by atoms with Crippen LogP contribution in [0.15, 0.2) is 16.6 Å². The second-order valence-corrected chi connectivity index (χ2v) is 6.78. The summed E-state index contributed by atoms with van der Waals surface area (Å²) in [6.07, 6.45) is 4.07. The maximum absolute atomic E-state index is 4.68. The Bertz CT molecular complexity index is 375. The number of nitrogens with zero attached hydrogens (tertiary/aromatic N) is 2. The molecule has 3 atom stereocenters. The van der Waals surface area contributed by atoms with E-state index in [9.17, 15) is 0 Å². The second kappa shape index (κ2) is 5.87. The van der Waals surface area contributed by atoms with E-state index in [1.165, 1.54) is 6.42 Å². The van der Waals surface area contributed by atoms with Gasteiger partial charge in [-0.3, -0.25) is 4.99 Å². The van der Waals surface area contributed by atoms with Gasteiger partial charge in [0.15, 0.2) is 5.17 Å². The minimum absolute atomic E-state index is 0.304. The number of aromatic nitrogens is 1. The van der Waals surface area contributed by atoms with Crippen LogP contribution in [0.2, 0.25) is 0 Å². The Morgan fingerprint density at radius 3 is 2.94 bits per heavy atom. The van der Waals surface area contributed by atoms with Crippen molar-refractivity contribution >= 4 is 28.3 Å². The van der Waals surface area contributed by atoms with Crippen molar-refractivity contribution in [3.05, 3.63) is 16.6 Å². The zero-order valence-electron chi connectivity index (χ0n) is 10.5. The molecule has 1 aliphatic heterocycles. The first-order valence-corrected chi connectivity index (χ1v) is 7.85. The summed E-state index contributed by atoms with van der Waals surface area (Å²) in [7, 11) is 0.